The Kier molecular flexibility index (Phi) is 4.49. The lowest BCUT2D eigenvalue weighted by molar-refractivity contribution is -0.106. The first-order valence-corrected chi connectivity index (χ1v) is 8.06. The van der Waals surface area contributed by atoms with Crippen LogP contribution in [0.3, 0.4) is 0 Å². The molecule has 122 valence electrons. The molecule has 0 bridgehead atoms. The van der Waals surface area contributed by atoms with Crippen LogP contribution in [0.1, 0.15) is 26.7 Å². The average Bonchev–Trinajstić information content (AvgIpc) is 3.00. The second-order valence-corrected chi connectivity index (χ2v) is 6.76. The van der Waals surface area contributed by atoms with Gasteiger partial charge in [-0.2, -0.15) is 0 Å². The van der Waals surface area contributed by atoms with Crippen LogP contribution in [0, 0.1) is 0 Å². The van der Waals surface area contributed by atoms with Crippen molar-refractivity contribution in [2.45, 2.75) is 38.4 Å². The Morgan fingerprint density at radius 1 is 1.23 bits per heavy atom. The Morgan fingerprint density at radius 2 is 1.91 bits per heavy atom. The van der Waals surface area contributed by atoms with Crippen LogP contribution in [-0.4, -0.2) is 61.6 Å². The van der Waals surface area contributed by atoms with Gasteiger partial charge in [0.25, 0.3) is 0 Å². The molecule has 0 amide bonds. The predicted molar refractivity (Wildman–Crippen MR) is 86.5 cm³/mol. The fourth-order valence-corrected chi connectivity index (χ4v) is 3.37. The number of aromatic nitrogens is 2. The van der Waals surface area contributed by atoms with E-state index in [-0.39, 0.29) is 11.7 Å². The van der Waals surface area contributed by atoms with Crippen molar-refractivity contribution >= 4 is 11.6 Å². The maximum absolute atomic E-state index is 6.08. The summed E-state index contributed by atoms with van der Waals surface area (Å²) in [5.41, 5.74) is -0.208. The molecule has 1 aromatic heterocycles. The number of ether oxygens (including phenoxy) is 2. The van der Waals surface area contributed by atoms with E-state index < -0.39 is 0 Å². The molecule has 0 saturated carbocycles. The van der Waals surface area contributed by atoms with Gasteiger partial charge in [-0.25, -0.2) is 9.97 Å². The molecule has 1 atom stereocenters. The maximum atomic E-state index is 6.08. The molecule has 0 unspecified atom stereocenters. The predicted octanol–water partition coefficient (Wildman–Crippen LogP) is 1.71. The summed E-state index contributed by atoms with van der Waals surface area (Å²) in [5, 5.41) is 0. The van der Waals surface area contributed by atoms with E-state index in [0.717, 1.165) is 37.8 Å². The molecule has 6 nitrogen and oxygen atoms in total. The minimum absolute atomic E-state index is 0.0685. The topological polar surface area (TPSA) is 50.7 Å². The SMILES string of the molecule is COC[C@@H]1CN(c2cc(N3CCCC3)ncn2)CC(C)(C)O1. The zero-order chi connectivity index (χ0) is 15.6. The van der Waals surface area contributed by atoms with Gasteiger partial charge in [-0.05, 0) is 26.7 Å². The van der Waals surface area contributed by atoms with Crippen LogP contribution in [0.5, 0.6) is 0 Å². The van der Waals surface area contributed by atoms with Crippen LogP contribution in [0.4, 0.5) is 11.6 Å². The lowest BCUT2D eigenvalue weighted by atomic mass is 10.1. The van der Waals surface area contributed by atoms with Gasteiger partial charge in [0, 0.05) is 39.4 Å². The van der Waals surface area contributed by atoms with Crippen molar-refractivity contribution in [3.63, 3.8) is 0 Å². The maximum Gasteiger partial charge on any atom is 0.134 e. The van der Waals surface area contributed by atoms with E-state index in [1.165, 1.54) is 12.8 Å². The summed E-state index contributed by atoms with van der Waals surface area (Å²) in [6, 6.07) is 2.11. The van der Waals surface area contributed by atoms with E-state index in [9.17, 15) is 0 Å². The molecule has 0 N–H and O–H groups in total. The van der Waals surface area contributed by atoms with Crippen molar-refractivity contribution in [1.29, 1.82) is 0 Å². The molecule has 0 spiro atoms. The van der Waals surface area contributed by atoms with Crippen molar-refractivity contribution < 1.29 is 9.47 Å². The third-order valence-electron chi connectivity index (χ3n) is 4.23. The summed E-state index contributed by atoms with van der Waals surface area (Å²) in [5.74, 6) is 2.02. The number of rotatable bonds is 4. The fourth-order valence-electron chi connectivity index (χ4n) is 3.37. The molecule has 3 heterocycles. The molecule has 0 aromatic carbocycles. The normalized spacial score (nSPS) is 24.8. The van der Waals surface area contributed by atoms with Crippen molar-refractivity contribution in [2.75, 3.05) is 49.7 Å². The smallest absolute Gasteiger partial charge is 0.134 e. The van der Waals surface area contributed by atoms with Gasteiger partial charge in [0.1, 0.15) is 18.0 Å². The lowest BCUT2D eigenvalue weighted by Gasteiger charge is -2.43. The highest BCUT2D eigenvalue weighted by Gasteiger charge is 2.34. The van der Waals surface area contributed by atoms with E-state index in [4.69, 9.17) is 9.47 Å². The van der Waals surface area contributed by atoms with Gasteiger partial charge in [-0.3, -0.25) is 0 Å². The van der Waals surface area contributed by atoms with Crippen LogP contribution in [0.15, 0.2) is 12.4 Å². The standard InChI is InChI=1S/C16H26N4O2/c1-16(2)11-20(9-13(22-16)10-21-3)15-8-14(17-12-18-15)19-6-4-5-7-19/h8,12-13H,4-7,9-11H2,1-3H3/t13-/m0/s1. The van der Waals surface area contributed by atoms with Crippen LogP contribution < -0.4 is 9.80 Å². The van der Waals surface area contributed by atoms with E-state index in [1.807, 2.05) is 0 Å². The monoisotopic (exact) mass is 306 g/mol. The Bertz CT molecular complexity index is 503. The summed E-state index contributed by atoms with van der Waals surface area (Å²) < 4.78 is 11.3. The van der Waals surface area contributed by atoms with Crippen LogP contribution in [0.25, 0.3) is 0 Å². The van der Waals surface area contributed by atoms with Crippen molar-refractivity contribution in [2.24, 2.45) is 0 Å². The fraction of sp³-hybridized carbons (Fsp3) is 0.750. The second-order valence-electron chi connectivity index (χ2n) is 6.76. The minimum Gasteiger partial charge on any atom is -0.382 e. The number of hydrogen-bond acceptors (Lipinski definition) is 6. The molecule has 2 fully saturated rings. The van der Waals surface area contributed by atoms with Crippen LogP contribution in [0.2, 0.25) is 0 Å². The largest absolute Gasteiger partial charge is 0.382 e. The van der Waals surface area contributed by atoms with Crippen LogP contribution >= 0.6 is 0 Å². The quantitative estimate of drug-likeness (QED) is 0.844. The van der Waals surface area contributed by atoms with Crippen molar-refractivity contribution in [3.05, 3.63) is 12.4 Å². The Hall–Kier alpha value is -1.40. The van der Waals surface area contributed by atoms with E-state index in [1.54, 1.807) is 13.4 Å². The van der Waals surface area contributed by atoms with Gasteiger partial charge in [-0.1, -0.05) is 0 Å². The lowest BCUT2D eigenvalue weighted by Crippen LogP contribution is -2.54. The van der Waals surface area contributed by atoms with Crippen molar-refractivity contribution in [3.8, 4) is 0 Å². The highest BCUT2D eigenvalue weighted by atomic mass is 16.5. The summed E-state index contributed by atoms with van der Waals surface area (Å²) in [6.07, 6.45) is 4.25. The highest BCUT2D eigenvalue weighted by Crippen LogP contribution is 2.27. The first-order chi connectivity index (χ1) is 10.6. The molecule has 0 aliphatic carbocycles. The summed E-state index contributed by atoms with van der Waals surface area (Å²) in [7, 11) is 1.71. The van der Waals surface area contributed by atoms with E-state index in [2.05, 4.69) is 39.7 Å². The Morgan fingerprint density at radius 3 is 2.59 bits per heavy atom. The second kappa shape index (κ2) is 6.38. The van der Waals surface area contributed by atoms with E-state index >= 15 is 0 Å². The number of anilines is 2. The molecule has 3 rings (SSSR count). The van der Waals surface area contributed by atoms with Crippen molar-refractivity contribution in [1.82, 2.24) is 9.97 Å². The first kappa shape index (κ1) is 15.5. The van der Waals surface area contributed by atoms with Gasteiger partial charge < -0.3 is 19.3 Å². The zero-order valence-corrected chi connectivity index (χ0v) is 13.8. The minimum atomic E-state index is -0.208. The molecule has 2 aliphatic heterocycles. The molecule has 6 heteroatoms. The molecule has 0 radical (unpaired) electrons. The number of morpholine rings is 1. The molecule has 2 saturated heterocycles. The summed E-state index contributed by atoms with van der Waals surface area (Å²) in [4.78, 5) is 13.5. The third-order valence-corrected chi connectivity index (χ3v) is 4.23. The number of nitrogens with zero attached hydrogens (tertiary/aromatic N) is 4. The van der Waals surface area contributed by atoms with Gasteiger partial charge >= 0.3 is 0 Å². The first-order valence-electron chi connectivity index (χ1n) is 8.06. The number of hydrogen-bond donors (Lipinski definition) is 0. The molecule has 1 aromatic rings. The molecule has 22 heavy (non-hydrogen) atoms. The average molecular weight is 306 g/mol. The molecule has 2 aliphatic rings. The third kappa shape index (κ3) is 3.50. The summed E-state index contributed by atoms with van der Waals surface area (Å²) in [6.45, 7) is 8.64. The Balaban J connectivity index is 1.78. The molecular weight excluding hydrogens is 280 g/mol. The zero-order valence-electron chi connectivity index (χ0n) is 13.8. The van der Waals surface area contributed by atoms with Gasteiger partial charge in [0.2, 0.25) is 0 Å². The highest BCUT2D eigenvalue weighted by molar-refractivity contribution is 5.51. The molecular formula is C16H26N4O2. The van der Waals surface area contributed by atoms with Crippen LogP contribution in [-0.2, 0) is 9.47 Å². The summed E-state index contributed by atoms with van der Waals surface area (Å²) >= 11 is 0. The van der Waals surface area contributed by atoms with Gasteiger partial charge in [-0.15, -0.1) is 0 Å². The van der Waals surface area contributed by atoms with Gasteiger partial charge in [0.15, 0.2) is 0 Å². The number of methoxy groups -OCH3 is 1. The van der Waals surface area contributed by atoms with E-state index in [0.29, 0.717) is 6.61 Å². The Labute approximate surface area is 132 Å². The van der Waals surface area contributed by atoms with Gasteiger partial charge in [0.05, 0.1) is 18.3 Å².